The van der Waals surface area contributed by atoms with E-state index in [1.165, 1.54) is 0 Å². The van der Waals surface area contributed by atoms with Crippen LogP contribution < -0.4 is 5.73 Å². The summed E-state index contributed by atoms with van der Waals surface area (Å²) in [6.07, 6.45) is 0. The summed E-state index contributed by atoms with van der Waals surface area (Å²) in [6, 6.07) is 0. The molecule has 54 valence electrons. The Morgan fingerprint density at radius 3 is 1.67 bits per heavy atom. The van der Waals surface area contributed by atoms with E-state index in [1.54, 1.807) is 0 Å². The van der Waals surface area contributed by atoms with E-state index in [9.17, 15) is 4.79 Å². The number of carboxylic acid groups (broad SMARTS) is 1. The third-order valence-electron chi connectivity index (χ3n) is 0.175. The monoisotopic (exact) mass is 229 g/mol. The van der Waals surface area contributed by atoms with Crippen LogP contribution in [0.5, 0.6) is 0 Å². The van der Waals surface area contributed by atoms with E-state index < -0.39 is 5.97 Å². The molecule has 5 nitrogen and oxygen atoms in total. The van der Waals surface area contributed by atoms with Crippen molar-refractivity contribution in [2.75, 3.05) is 6.54 Å². The maximum absolute atomic E-state index is 9.24. The second-order valence-corrected chi connectivity index (χ2v) is 0.598. The fourth-order valence-corrected chi connectivity index (χ4v) is 0. The van der Waals surface area contributed by atoms with Crippen LogP contribution in [0, 0.1) is 0 Å². The van der Waals surface area contributed by atoms with Crippen molar-refractivity contribution >= 4 is 22.6 Å². The molecule has 0 fully saturated rings. The van der Waals surface area contributed by atoms with Crippen molar-refractivity contribution in [3.8, 4) is 0 Å². The Morgan fingerprint density at radius 1 is 1.56 bits per heavy atom. The van der Waals surface area contributed by atoms with Crippen LogP contribution in [0.15, 0.2) is 0 Å². The van der Waals surface area contributed by atoms with Gasteiger partial charge >= 0.3 is 22.6 Å². The molecule has 0 aromatic heterocycles. The van der Waals surface area contributed by atoms with Crippen LogP contribution in [0.2, 0.25) is 0 Å². The van der Waals surface area contributed by atoms with Gasteiger partial charge in [0, 0.05) is 26.2 Å². The number of hydrogen-bond donors (Lipinski definition) is 3. The Kier molecular flexibility index (Phi) is 58.4. The summed E-state index contributed by atoms with van der Waals surface area (Å²) < 4.78 is 7.14. The SMILES string of the molecule is NCC(=O)O.O.[OH][AlH2].[Zr]. The first-order chi connectivity index (χ1) is 3.27. The second kappa shape index (κ2) is 23.3. The molecule has 6 N–H and O–H groups in total. The molecule has 0 spiro atoms. The van der Waals surface area contributed by atoms with E-state index >= 15 is 0 Å². The van der Waals surface area contributed by atoms with Crippen LogP contribution in [-0.4, -0.2) is 43.9 Å². The van der Waals surface area contributed by atoms with Crippen LogP contribution in [0.3, 0.4) is 0 Å². The molecule has 0 heterocycles. The molecule has 7 heteroatoms. The summed E-state index contributed by atoms with van der Waals surface area (Å²) in [4.78, 5) is 9.24. The van der Waals surface area contributed by atoms with Crippen LogP contribution in [-0.2, 0) is 31.0 Å². The molecule has 0 unspecified atom stereocenters. The van der Waals surface area contributed by atoms with Crippen LogP contribution in [0.4, 0.5) is 0 Å². The minimum absolute atomic E-state index is 0. The van der Waals surface area contributed by atoms with Crippen molar-refractivity contribution < 1.29 is 45.7 Å². The van der Waals surface area contributed by atoms with Gasteiger partial charge in [-0.1, -0.05) is 0 Å². The molecular formula is C2H10AlNO4Zr. The Bertz CT molecular complexity index is 53.8. The van der Waals surface area contributed by atoms with Crippen LogP contribution in [0.1, 0.15) is 0 Å². The van der Waals surface area contributed by atoms with E-state index in [1.807, 2.05) is 0 Å². The van der Waals surface area contributed by atoms with Gasteiger partial charge in [-0.3, -0.25) is 4.79 Å². The molecule has 0 rings (SSSR count). The molecule has 0 radical (unpaired) electrons. The van der Waals surface area contributed by atoms with Gasteiger partial charge in [-0.05, 0) is 0 Å². The maximum Gasteiger partial charge on any atom is 0.407 e. The molecule has 0 aliphatic carbocycles. The fourth-order valence-electron chi connectivity index (χ4n) is 0. The van der Waals surface area contributed by atoms with Crippen molar-refractivity contribution in [1.29, 1.82) is 0 Å². The molecule has 0 bridgehead atoms. The first-order valence-corrected chi connectivity index (χ1v) is 2.53. The van der Waals surface area contributed by atoms with Gasteiger partial charge in [0.05, 0.1) is 6.54 Å². The van der Waals surface area contributed by atoms with Gasteiger partial charge in [-0.2, -0.15) is 0 Å². The van der Waals surface area contributed by atoms with Gasteiger partial charge in [-0.15, -0.1) is 0 Å². The summed E-state index contributed by atoms with van der Waals surface area (Å²) in [6.45, 7) is -0.278. The molecule has 0 saturated heterocycles. The quantitative estimate of drug-likeness (QED) is 0.410. The number of aliphatic carboxylic acids is 1. The predicted octanol–water partition coefficient (Wildman–Crippen LogP) is -3.27. The topological polar surface area (TPSA) is 115 Å². The van der Waals surface area contributed by atoms with Crippen molar-refractivity contribution in [3.63, 3.8) is 0 Å². The zero-order chi connectivity index (χ0) is 6.28. The molecule has 0 atom stereocenters. The number of carbonyl (C=O) groups is 1. The predicted molar refractivity (Wildman–Crippen MR) is 31.1 cm³/mol. The van der Waals surface area contributed by atoms with Crippen molar-refractivity contribution in [2.24, 2.45) is 5.73 Å². The number of carboxylic acids is 1. The number of rotatable bonds is 1. The molecule has 0 aliphatic heterocycles. The Labute approximate surface area is 80.4 Å². The third-order valence-corrected chi connectivity index (χ3v) is 0.175. The van der Waals surface area contributed by atoms with E-state index in [-0.39, 0.29) is 38.2 Å². The molecule has 0 saturated carbocycles. The van der Waals surface area contributed by atoms with E-state index in [2.05, 4.69) is 5.73 Å². The van der Waals surface area contributed by atoms with Gasteiger partial charge in [0.2, 0.25) is 0 Å². The summed E-state index contributed by atoms with van der Waals surface area (Å²) >= 11 is 0.306. The first-order valence-electron chi connectivity index (χ1n) is 1.64. The van der Waals surface area contributed by atoms with Crippen molar-refractivity contribution in [2.45, 2.75) is 0 Å². The number of hydrogen-bond acceptors (Lipinski definition) is 3. The number of nitrogens with two attached hydrogens (primary N) is 1. The molecule has 0 aromatic carbocycles. The summed E-state index contributed by atoms with van der Waals surface area (Å²) in [5.74, 6) is -0.968. The van der Waals surface area contributed by atoms with E-state index in [0.717, 1.165) is 0 Å². The average molecular weight is 230 g/mol. The average Bonchev–Trinajstić information content (AvgIpc) is 1.73. The van der Waals surface area contributed by atoms with Gasteiger partial charge < -0.3 is 20.5 Å². The van der Waals surface area contributed by atoms with Gasteiger partial charge in [0.15, 0.2) is 0 Å². The molecular weight excluding hydrogens is 220 g/mol. The third kappa shape index (κ3) is 52.5. The smallest absolute Gasteiger partial charge is 0.407 e. The molecule has 0 aromatic rings. The van der Waals surface area contributed by atoms with Crippen LogP contribution >= 0.6 is 0 Å². The molecule has 0 amide bonds. The minimum Gasteiger partial charge on any atom is -0.521 e. The second-order valence-electron chi connectivity index (χ2n) is 0.598. The Balaban J connectivity index is -0.0000000286. The van der Waals surface area contributed by atoms with E-state index in [0.29, 0.717) is 16.6 Å². The molecule has 9 heavy (non-hydrogen) atoms. The maximum atomic E-state index is 9.24. The normalized spacial score (nSPS) is 4.67. The Hall–Kier alpha value is 0.766. The zero-order valence-corrected chi connectivity index (χ0v) is 9.55. The van der Waals surface area contributed by atoms with Gasteiger partial charge in [0.1, 0.15) is 0 Å². The van der Waals surface area contributed by atoms with Crippen molar-refractivity contribution in [1.82, 2.24) is 0 Å². The fraction of sp³-hybridized carbons (Fsp3) is 0.500. The minimum atomic E-state index is -0.968. The van der Waals surface area contributed by atoms with E-state index in [4.69, 9.17) is 9.26 Å². The summed E-state index contributed by atoms with van der Waals surface area (Å²) in [5, 5.41) is 7.60. The van der Waals surface area contributed by atoms with Crippen LogP contribution in [0.25, 0.3) is 0 Å². The molecule has 0 aliphatic rings. The summed E-state index contributed by atoms with van der Waals surface area (Å²) in [5.41, 5.74) is 4.57. The van der Waals surface area contributed by atoms with Gasteiger partial charge in [0.25, 0.3) is 0 Å². The zero-order valence-electron chi connectivity index (χ0n) is 5.09. The van der Waals surface area contributed by atoms with Gasteiger partial charge in [-0.25, -0.2) is 0 Å². The first kappa shape index (κ1) is 22.6. The largest absolute Gasteiger partial charge is 0.521 e. The Morgan fingerprint density at radius 2 is 1.67 bits per heavy atom. The standard InChI is InChI=1S/C2H5NO2.Al.2H2O.Zr.2H/c3-1-2(4)5;;;;;;/h1,3H2,(H,4,5);;2*1H2;;;/q;+1;;;;;/p-1. The van der Waals surface area contributed by atoms with Crippen molar-refractivity contribution in [3.05, 3.63) is 0 Å². The summed E-state index contributed by atoms with van der Waals surface area (Å²) in [7, 11) is 0.